The second-order valence-electron chi connectivity index (χ2n) is 8.86. The molecule has 4 rings (SSSR count). The third-order valence-corrected chi connectivity index (χ3v) is 5.57. The number of morpholine rings is 1. The average molecular weight is 435 g/mol. The van der Waals surface area contributed by atoms with E-state index in [1.807, 2.05) is 82.0 Å². The number of imide groups is 1. The highest BCUT2D eigenvalue weighted by atomic mass is 16.5. The molecule has 2 aliphatic rings. The second kappa shape index (κ2) is 8.79. The first kappa shape index (κ1) is 22.1. The van der Waals surface area contributed by atoms with Gasteiger partial charge in [-0.3, -0.25) is 9.59 Å². The molecule has 2 aromatic carbocycles. The lowest BCUT2D eigenvalue weighted by Crippen LogP contribution is -2.47. The number of hydrogen-bond donors (Lipinski definition) is 0. The van der Waals surface area contributed by atoms with Crippen LogP contribution in [0.5, 0.6) is 5.75 Å². The van der Waals surface area contributed by atoms with Crippen molar-refractivity contribution in [2.75, 3.05) is 18.0 Å². The smallest absolute Gasteiger partial charge is 0.282 e. The van der Waals surface area contributed by atoms with Crippen molar-refractivity contribution in [1.29, 1.82) is 0 Å². The van der Waals surface area contributed by atoms with Gasteiger partial charge in [0.2, 0.25) is 0 Å². The SMILES string of the molecule is Cc1cccc(N2C(=O)C(c3ccc(OC(C)C)cc3)=C(N3CC(C)OC(C)C3)C2=O)c1. The fraction of sp³-hybridized carbons (Fsp3) is 0.385. The summed E-state index contributed by atoms with van der Waals surface area (Å²) in [5, 5.41) is 0. The van der Waals surface area contributed by atoms with E-state index in [-0.39, 0.29) is 30.1 Å². The molecule has 6 nitrogen and oxygen atoms in total. The van der Waals surface area contributed by atoms with Gasteiger partial charge in [0.25, 0.3) is 11.8 Å². The molecule has 2 atom stereocenters. The molecule has 0 aromatic heterocycles. The predicted molar refractivity (Wildman–Crippen MR) is 124 cm³/mol. The summed E-state index contributed by atoms with van der Waals surface area (Å²) >= 11 is 0. The summed E-state index contributed by atoms with van der Waals surface area (Å²) in [4.78, 5) is 30.6. The van der Waals surface area contributed by atoms with Gasteiger partial charge in [0.1, 0.15) is 11.4 Å². The number of ether oxygens (including phenoxy) is 2. The highest BCUT2D eigenvalue weighted by molar-refractivity contribution is 6.45. The van der Waals surface area contributed by atoms with Crippen molar-refractivity contribution in [2.45, 2.75) is 52.9 Å². The molecule has 2 aliphatic heterocycles. The Morgan fingerprint density at radius 2 is 1.62 bits per heavy atom. The van der Waals surface area contributed by atoms with E-state index in [4.69, 9.17) is 9.47 Å². The Bertz CT molecular complexity index is 1050. The number of anilines is 1. The van der Waals surface area contributed by atoms with Crippen LogP contribution in [-0.4, -0.2) is 48.1 Å². The summed E-state index contributed by atoms with van der Waals surface area (Å²) in [6.07, 6.45) is -0.0195. The largest absolute Gasteiger partial charge is 0.491 e. The van der Waals surface area contributed by atoms with E-state index >= 15 is 0 Å². The van der Waals surface area contributed by atoms with Crippen molar-refractivity contribution in [1.82, 2.24) is 4.90 Å². The maximum Gasteiger partial charge on any atom is 0.282 e. The van der Waals surface area contributed by atoms with Gasteiger partial charge in [0.15, 0.2) is 0 Å². The van der Waals surface area contributed by atoms with Crippen LogP contribution < -0.4 is 9.64 Å². The minimum absolute atomic E-state index is 0.0368. The minimum Gasteiger partial charge on any atom is -0.491 e. The van der Waals surface area contributed by atoms with Crippen LogP contribution in [0.1, 0.15) is 38.8 Å². The van der Waals surface area contributed by atoms with Gasteiger partial charge < -0.3 is 14.4 Å². The summed E-state index contributed by atoms with van der Waals surface area (Å²) in [5.41, 5.74) is 3.14. The molecule has 0 aliphatic carbocycles. The Balaban J connectivity index is 1.79. The Kier molecular flexibility index (Phi) is 6.07. The minimum atomic E-state index is -0.306. The number of rotatable bonds is 5. The highest BCUT2D eigenvalue weighted by Crippen LogP contribution is 2.36. The van der Waals surface area contributed by atoms with Crippen LogP contribution in [0.15, 0.2) is 54.2 Å². The topological polar surface area (TPSA) is 59.1 Å². The molecule has 0 spiro atoms. The van der Waals surface area contributed by atoms with Crippen molar-refractivity contribution in [3.8, 4) is 5.75 Å². The fourth-order valence-electron chi connectivity index (χ4n) is 4.41. The summed E-state index contributed by atoms with van der Waals surface area (Å²) in [6.45, 7) is 11.0. The van der Waals surface area contributed by atoms with Crippen LogP contribution in [0.2, 0.25) is 0 Å². The molecule has 1 fully saturated rings. The third kappa shape index (κ3) is 4.28. The molecule has 6 heteroatoms. The fourth-order valence-corrected chi connectivity index (χ4v) is 4.41. The molecule has 168 valence electrons. The Hall–Kier alpha value is -3.12. The maximum atomic E-state index is 13.7. The van der Waals surface area contributed by atoms with Gasteiger partial charge in [-0.25, -0.2) is 4.90 Å². The van der Waals surface area contributed by atoms with E-state index in [1.165, 1.54) is 4.90 Å². The molecule has 0 radical (unpaired) electrons. The van der Waals surface area contributed by atoms with Gasteiger partial charge in [0, 0.05) is 13.1 Å². The molecular weight excluding hydrogens is 404 g/mol. The van der Waals surface area contributed by atoms with Gasteiger partial charge in [-0.15, -0.1) is 0 Å². The Morgan fingerprint density at radius 1 is 0.969 bits per heavy atom. The molecule has 32 heavy (non-hydrogen) atoms. The lowest BCUT2D eigenvalue weighted by Gasteiger charge is -2.37. The van der Waals surface area contributed by atoms with E-state index in [2.05, 4.69) is 0 Å². The monoisotopic (exact) mass is 434 g/mol. The van der Waals surface area contributed by atoms with Crippen LogP contribution in [-0.2, 0) is 14.3 Å². The summed E-state index contributed by atoms with van der Waals surface area (Å²) < 4.78 is 11.6. The van der Waals surface area contributed by atoms with Gasteiger partial charge in [-0.1, -0.05) is 24.3 Å². The third-order valence-electron chi connectivity index (χ3n) is 5.57. The van der Waals surface area contributed by atoms with Gasteiger partial charge in [-0.05, 0) is 70.0 Å². The Labute approximate surface area is 189 Å². The van der Waals surface area contributed by atoms with Crippen molar-refractivity contribution < 1.29 is 19.1 Å². The molecule has 2 unspecified atom stereocenters. The zero-order valence-electron chi connectivity index (χ0n) is 19.3. The van der Waals surface area contributed by atoms with Crippen molar-refractivity contribution >= 4 is 23.1 Å². The normalized spacial score (nSPS) is 21.7. The average Bonchev–Trinajstić information content (AvgIpc) is 2.97. The van der Waals surface area contributed by atoms with E-state index in [1.54, 1.807) is 6.07 Å². The lowest BCUT2D eigenvalue weighted by atomic mass is 10.0. The molecule has 2 amide bonds. The van der Waals surface area contributed by atoms with Gasteiger partial charge >= 0.3 is 0 Å². The van der Waals surface area contributed by atoms with Crippen molar-refractivity contribution in [3.05, 3.63) is 65.4 Å². The first-order valence-electron chi connectivity index (χ1n) is 11.1. The number of aryl methyl sites for hydroxylation is 1. The van der Waals surface area contributed by atoms with Crippen LogP contribution >= 0.6 is 0 Å². The van der Waals surface area contributed by atoms with Crippen LogP contribution in [0.25, 0.3) is 5.57 Å². The second-order valence-corrected chi connectivity index (χ2v) is 8.86. The van der Waals surface area contributed by atoms with E-state index < -0.39 is 0 Å². The van der Waals surface area contributed by atoms with Crippen molar-refractivity contribution in [3.63, 3.8) is 0 Å². The van der Waals surface area contributed by atoms with E-state index in [0.717, 1.165) is 11.3 Å². The maximum absolute atomic E-state index is 13.7. The van der Waals surface area contributed by atoms with Gasteiger partial charge in [0.05, 0.1) is 29.6 Å². The standard InChI is InChI=1S/C26H30N2O4/c1-16(2)31-22-11-9-20(10-12-22)23-24(27-14-18(4)32-19(5)15-27)26(30)28(25(23)29)21-8-6-7-17(3)13-21/h6-13,16,18-19H,14-15H2,1-5H3. The molecular formula is C26H30N2O4. The lowest BCUT2D eigenvalue weighted by molar-refractivity contribution is -0.121. The van der Waals surface area contributed by atoms with Crippen LogP contribution in [0.4, 0.5) is 5.69 Å². The highest BCUT2D eigenvalue weighted by Gasteiger charge is 2.43. The predicted octanol–water partition coefficient (Wildman–Crippen LogP) is 4.18. The number of nitrogens with zero attached hydrogens (tertiary/aromatic N) is 2. The van der Waals surface area contributed by atoms with E-state index in [9.17, 15) is 9.59 Å². The van der Waals surface area contributed by atoms with E-state index in [0.29, 0.717) is 35.6 Å². The summed E-state index contributed by atoms with van der Waals surface area (Å²) in [7, 11) is 0. The summed E-state index contributed by atoms with van der Waals surface area (Å²) in [6, 6.07) is 14.9. The summed E-state index contributed by atoms with van der Waals surface area (Å²) in [5.74, 6) is 0.131. The molecule has 0 bridgehead atoms. The quantitative estimate of drug-likeness (QED) is 0.661. The molecule has 2 heterocycles. The first-order valence-corrected chi connectivity index (χ1v) is 11.1. The number of hydrogen-bond acceptors (Lipinski definition) is 5. The number of carbonyl (C=O) groups is 2. The number of carbonyl (C=O) groups excluding carboxylic acids is 2. The zero-order chi connectivity index (χ0) is 23.0. The first-order chi connectivity index (χ1) is 15.2. The van der Waals surface area contributed by atoms with Crippen LogP contribution in [0.3, 0.4) is 0 Å². The molecule has 2 aromatic rings. The Morgan fingerprint density at radius 3 is 2.22 bits per heavy atom. The van der Waals surface area contributed by atoms with Gasteiger partial charge in [-0.2, -0.15) is 0 Å². The zero-order valence-corrected chi connectivity index (χ0v) is 19.3. The van der Waals surface area contributed by atoms with Crippen LogP contribution in [0, 0.1) is 6.92 Å². The van der Waals surface area contributed by atoms with Crippen molar-refractivity contribution in [2.24, 2.45) is 0 Å². The number of benzene rings is 2. The molecule has 0 saturated carbocycles. The molecule has 0 N–H and O–H groups in total. The molecule has 1 saturated heterocycles. The number of amides is 2.